The standard InChI is InChI=1S/C28H25FN2O3/c1-17-10-19(29)13-30-27(17)18-11-20-14-33-15-21(12-18)31(20)28(32)34-16-26-24-8-4-2-6-22(24)23-7-3-5-9-25(23)26/h2-11,13,20-21,26H,12,14-16H2,1H3. The Morgan fingerprint density at radius 3 is 2.50 bits per heavy atom. The Morgan fingerprint density at radius 2 is 1.82 bits per heavy atom. The summed E-state index contributed by atoms with van der Waals surface area (Å²) in [4.78, 5) is 19.4. The molecule has 2 unspecified atom stereocenters. The molecule has 172 valence electrons. The van der Waals surface area contributed by atoms with Gasteiger partial charge in [-0.3, -0.25) is 9.88 Å². The van der Waals surface area contributed by atoms with Gasteiger partial charge in [0, 0.05) is 5.92 Å². The first-order valence-corrected chi connectivity index (χ1v) is 11.6. The number of morpholine rings is 1. The monoisotopic (exact) mass is 456 g/mol. The van der Waals surface area contributed by atoms with Crippen LogP contribution < -0.4 is 0 Å². The summed E-state index contributed by atoms with van der Waals surface area (Å²) >= 11 is 0. The molecular weight excluding hydrogens is 431 g/mol. The maximum absolute atomic E-state index is 13.5. The van der Waals surface area contributed by atoms with E-state index in [1.54, 1.807) is 4.90 Å². The van der Waals surface area contributed by atoms with Crippen molar-refractivity contribution < 1.29 is 18.7 Å². The highest BCUT2D eigenvalue weighted by molar-refractivity contribution is 5.79. The van der Waals surface area contributed by atoms with Crippen molar-refractivity contribution in [1.29, 1.82) is 0 Å². The third-order valence-corrected chi connectivity index (χ3v) is 7.09. The summed E-state index contributed by atoms with van der Waals surface area (Å²) in [7, 11) is 0. The molecule has 6 rings (SSSR count). The largest absolute Gasteiger partial charge is 0.448 e. The fourth-order valence-electron chi connectivity index (χ4n) is 5.60. The van der Waals surface area contributed by atoms with Crippen LogP contribution in [0.15, 0.2) is 66.9 Å². The van der Waals surface area contributed by atoms with Gasteiger partial charge in [0.25, 0.3) is 0 Å². The van der Waals surface area contributed by atoms with E-state index in [1.807, 2.05) is 37.3 Å². The molecule has 6 heteroatoms. The lowest BCUT2D eigenvalue weighted by atomic mass is 9.91. The highest BCUT2D eigenvalue weighted by Crippen LogP contribution is 2.44. The molecule has 1 aliphatic carbocycles. The number of benzene rings is 2. The molecular formula is C28H25FN2O3. The fraction of sp³-hybridized carbons (Fsp3) is 0.286. The summed E-state index contributed by atoms with van der Waals surface area (Å²) in [6.45, 7) is 3.00. The van der Waals surface area contributed by atoms with Crippen molar-refractivity contribution in [3.63, 3.8) is 0 Å². The maximum atomic E-state index is 13.5. The van der Waals surface area contributed by atoms with E-state index in [4.69, 9.17) is 9.47 Å². The first kappa shape index (κ1) is 21.1. The van der Waals surface area contributed by atoms with Crippen molar-refractivity contribution in [1.82, 2.24) is 9.88 Å². The van der Waals surface area contributed by atoms with E-state index in [-0.39, 0.29) is 29.9 Å². The van der Waals surface area contributed by atoms with E-state index in [0.29, 0.717) is 26.2 Å². The van der Waals surface area contributed by atoms with Gasteiger partial charge >= 0.3 is 6.09 Å². The number of ether oxygens (including phenoxy) is 2. The molecule has 5 nitrogen and oxygen atoms in total. The zero-order valence-corrected chi connectivity index (χ0v) is 18.9. The van der Waals surface area contributed by atoms with E-state index in [2.05, 4.69) is 29.2 Å². The van der Waals surface area contributed by atoms with Gasteiger partial charge in [-0.1, -0.05) is 54.6 Å². The number of fused-ring (bicyclic) bond motifs is 5. The van der Waals surface area contributed by atoms with Crippen molar-refractivity contribution in [3.8, 4) is 11.1 Å². The van der Waals surface area contributed by atoms with Crippen LogP contribution in [-0.4, -0.2) is 47.9 Å². The molecule has 0 radical (unpaired) electrons. The molecule has 34 heavy (non-hydrogen) atoms. The average Bonchev–Trinajstić information content (AvgIpc) is 3.15. The van der Waals surface area contributed by atoms with Gasteiger partial charge < -0.3 is 9.47 Å². The predicted molar refractivity (Wildman–Crippen MR) is 127 cm³/mol. The molecule has 0 N–H and O–H groups in total. The van der Waals surface area contributed by atoms with E-state index in [1.165, 1.54) is 34.5 Å². The van der Waals surface area contributed by atoms with Crippen molar-refractivity contribution in [2.75, 3.05) is 19.8 Å². The topological polar surface area (TPSA) is 51.7 Å². The highest BCUT2D eigenvalue weighted by atomic mass is 19.1. The van der Waals surface area contributed by atoms with Crippen LogP contribution in [0.2, 0.25) is 0 Å². The van der Waals surface area contributed by atoms with Crippen molar-refractivity contribution in [3.05, 3.63) is 95.1 Å². The van der Waals surface area contributed by atoms with Gasteiger partial charge in [-0.25, -0.2) is 9.18 Å². The Bertz CT molecular complexity index is 1260. The molecule has 3 aliphatic rings. The molecule has 0 spiro atoms. The van der Waals surface area contributed by atoms with Crippen LogP contribution in [0.25, 0.3) is 16.7 Å². The van der Waals surface area contributed by atoms with Crippen LogP contribution in [0.5, 0.6) is 0 Å². The highest BCUT2D eigenvalue weighted by Gasteiger charge is 2.40. The van der Waals surface area contributed by atoms with E-state index >= 15 is 0 Å². The van der Waals surface area contributed by atoms with Gasteiger partial charge in [-0.15, -0.1) is 0 Å². The molecule has 2 atom stereocenters. The molecule has 2 aromatic carbocycles. The van der Waals surface area contributed by atoms with Crippen LogP contribution in [0, 0.1) is 12.7 Å². The van der Waals surface area contributed by atoms with Crippen LogP contribution in [-0.2, 0) is 9.47 Å². The normalized spacial score (nSPS) is 21.0. The van der Waals surface area contributed by atoms with Crippen LogP contribution in [0.4, 0.5) is 9.18 Å². The Balaban J connectivity index is 1.23. The zero-order valence-electron chi connectivity index (χ0n) is 18.9. The Morgan fingerprint density at radius 1 is 1.12 bits per heavy atom. The Hall–Kier alpha value is -3.51. The minimum Gasteiger partial charge on any atom is -0.448 e. The fourth-order valence-corrected chi connectivity index (χ4v) is 5.60. The SMILES string of the molecule is Cc1cc(F)cnc1C1=CC2COCC(C1)N2C(=O)OCC1c2ccccc2-c2ccccc21. The van der Waals surface area contributed by atoms with Gasteiger partial charge in [-0.05, 0) is 52.8 Å². The van der Waals surface area contributed by atoms with Gasteiger partial charge in [0.05, 0.1) is 37.2 Å². The molecule has 0 saturated carbocycles. The minimum atomic E-state index is -0.346. The lowest BCUT2D eigenvalue weighted by Crippen LogP contribution is -2.56. The summed E-state index contributed by atoms with van der Waals surface area (Å²) in [5, 5.41) is 0. The van der Waals surface area contributed by atoms with Crippen molar-refractivity contribution in [2.24, 2.45) is 0 Å². The quantitative estimate of drug-likeness (QED) is 0.534. The number of hydrogen-bond acceptors (Lipinski definition) is 4. The average molecular weight is 457 g/mol. The number of nitrogens with zero attached hydrogens (tertiary/aromatic N) is 2. The summed E-state index contributed by atoms with van der Waals surface area (Å²) in [6, 6.07) is 17.8. The van der Waals surface area contributed by atoms with Gasteiger partial charge in [-0.2, -0.15) is 0 Å². The summed E-state index contributed by atoms with van der Waals surface area (Å²) in [5.74, 6) is -0.323. The maximum Gasteiger partial charge on any atom is 0.410 e. The lowest BCUT2D eigenvalue weighted by Gasteiger charge is -2.43. The third kappa shape index (κ3) is 3.49. The zero-order chi connectivity index (χ0) is 23.2. The molecule has 1 fully saturated rings. The third-order valence-electron chi connectivity index (χ3n) is 7.09. The van der Waals surface area contributed by atoms with Gasteiger partial charge in [0.2, 0.25) is 0 Å². The molecule has 3 heterocycles. The Kier molecular flexibility index (Phi) is 5.18. The second-order valence-electron chi connectivity index (χ2n) is 9.18. The molecule has 1 aromatic heterocycles. The molecule has 1 amide bonds. The van der Waals surface area contributed by atoms with E-state index in [9.17, 15) is 9.18 Å². The van der Waals surface area contributed by atoms with Crippen LogP contribution >= 0.6 is 0 Å². The van der Waals surface area contributed by atoms with E-state index in [0.717, 1.165) is 16.8 Å². The number of amides is 1. The first-order chi connectivity index (χ1) is 16.6. The number of aromatic nitrogens is 1. The summed E-state index contributed by atoms with van der Waals surface area (Å²) in [6.07, 6.45) is 3.54. The number of halogens is 1. The molecule has 2 aliphatic heterocycles. The number of pyridine rings is 1. The number of aryl methyl sites for hydroxylation is 1. The van der Waals surface area contributed by atoms with Crippen molar-refractivity contribution in [2.45, 2.75) is 31.3 Å². The number of hydrogen-bond donors (Lipinski definition) is 0. The Labute approximate surface area is 197 Å². The van der Waals surface area contributed by atoms with Crippen molar-refractivity contribution >= 4 is 11.7 Å². The second kappa shape index (κ2) is 8.37. The lowest BCUT2D eigenvalue weighted by molar-refractivity contribution is -0.0332. The predicted octanol–water partition coefficient (Wildman–Crippen LogP) is 5.33. The van der Waals surface area contributed by atoms with Gasteiger partial charge in [0.15, 0.2) is 0 Å². The van der Waals surface area contributed by atoms with Gasteiger partial charge in [0.1, 0.15) is 12.4 Å². The van der Waals surface area contributed by atoms with E-state index < -0.39 is 0 Å². The second-order valence-corrected chi connectivity index (χ2v) is 9.18. The summed E-state index contributed by atoms with van der Waals surface area (Å²) in [5.41, 5.74) is 7.40. The number of carbonyl (C=O) groups excluding carboxylic acids is 1. The molecule has 1 saturated heterocycles. The smallest absolute Gasteiger partial charge is 0.410 e. The summed E-state index contributed by atoms with van der Waals surface area (Å²) < 4.78 is 25.2. The van der Waals surface area contributed by atoms with Crippen LogP contribution in [0.1, 0.15) is 34.7 Å². The first-order valence-electron chi connectivity index (χ1n) is 11.6. The number of carbonyl (C=O) groups is 1. The number of rotatable bonds is 3. The molecule has 3 aromatic rings. The minimum absolute atomic E-state index is 0.0226. The van der Waals surface area contributed by atoms with Crippen LogP contribution in [0.3, 0.4) is 0 Å². The molecule has 2 bridgehead atoms.